The number of rotatable bonds is 4. The van der Waals surface area contributed by atoms with Crippen molar-refractivity contribution in [1.82, 2.24) is 15.0 Å². The van der Waals surface area contributed by atoms with Crippen LogP contribution in [-0.4, -0.2) is 15.0 Å². The summed E-state index contributed by atoms with van der Waals surface area (Å²) < 4.78 is 6.65. The van der Waals surface area contributed by atoms with E-state index < -0.39 is 0 Å². The van der Waals surface area contributed by atoms with Crippen LogP contribution in [0.2, 0.25) is 0 Å². The van der Waals surface area contributed by atoms with Gasteiger partial charge in [0.1, 0.15) is 11.2 Å². The summed E-state index contributed by atoms with van der Waals surface area (Å²) in [6.07, 6.45) is 0. The van der Waals surface area contributed by atoms with E-state index in [4.69, 9.17) is 19.4 Å². The molecule has 8 aromatic carbocycles. The first-order chi connectivity index (χ1) is 24.3. The fourth-order valence-corrected chi connectivity index (χ4v) is 7.21. The second-order valence-corrected chi connectivity index (χ2v) is 12.4. The van der Waals surface area contributed by atoms with E-state index in [-0.39, 0.29) is 0 Å². The van der Waals surface area contributed by atoms with Crippen LogP contribution >= 0.6 is 0 Å². The van der Waals surface area contributed by atoms with Gasteiger partial charge in [-0.05, 0) is 67.7 Å². The van der Waals surface area contributed by atoms with Gasteiger partial charge in [-0.25, -0.2) is 15.0 Å². The Kier molecular flexibility index (Phi) is 6.15. The Morgan fingerprint density at radius 1 is 0.327 bits per heavy atom. The molecular weight excluding hydrogens is 599 g/mol. The third-order valence-corrected chi connectivity index (χ3v) is 9.49. The zero-order chi connectivity index (χ0) is 32.3. The molecule has 0 saturated heterocycles. The van der Waals surface area contributed by atoms with Gasteiger partial charge >= 0.3 is 0 Å². The smallest absolute Gasteiger partial charge is 0.164 e. The van der Waals surface area contributed by atoms with Crippen molar-refractivity contribution >= 4 is 54.3 Å². The fraction of sp³-hybridized carbons (Fsp3) is 0. The molecule has 0 aliphatic rings. The van der Waals surface area contributed by atoms with Gasteiger partial charge in [0.15, 0.2) is 17.5 Å². The number of fused-ring (bicyclic) bond motifs is 8. The van der Waals surface area contributed by atoms with Gasteiger partial charge < -0.3 is 4.42 Å². The second kappa shape index (κ2) is 11.0. The summed E-state index contributed by atoms with van der Waals surface area (Å²) in [5, 5.41) is 8.94. The molecule has 0 unspecified atom stereocenters. The Morgan fingerprint density at radius 2 is 0.918 bits per heavy atom. The molecule has 4 nitrogen and oxygen atoms in total. The van der Waals surface area contributed by atoms with E-state index in [9.17, 15) is 0 Å². The normalized spacial score (nSPS) is 11.7. The molecule has 2 heterocycles. The maximum absolute atomic E-state index is 6.65. The lowest BCUT2D eigenvalue weighted by Gasteiger charge is -2.13. The third-order valence-electron chi connectivity index (χ3n) is 9.49. The molecule has 0 aliphatic carbocycles. The number of furan rings is 1. The van der Waals surface area contributed by atoms with Crippen molar-refractivity contribution in [1.29, 1.82) is 0 Å². The van der Waals surface area contributed by atoms with Gasteiger partial charge in [0.25, 0.3) is 0 Å². The lowest BCUT2D eigenvalue weighted by molar-refractivity contribution is 0.669. The van der Waals surface area contributed by atoms with E-state index in [0.717, 1.165) is 71.3 Å². The highest BCUT2D eigenvalue weighted by Gasteiger charge is 2.22. The molecule has 0 N–H and O–H groups in total. The standard InChI is InChI=1S/C45H27N3O/c1-3-13-28(14-4-1)32-26-38(42-40(27-32)49-39-24-23-29-15-7-10-20-34(29)41(39)42)45-47-43(30-16-5-2-6-17-30)46-44(48-45)37-25-31-18-8-9-19-33(31)35-21-11-12-22-36(35)37/h1-27H. The molecule has 2 aromatic heterocycles. The van der Waals surface area contributed by atoms with Crippen molar-refractivity contribution in [2.24, 2.45) is 0 Å². The van der Waals surface area contributed by atoms with Crippen molar-refractivity contribution in [3.05, 3.63) is 164 Å². The molecule has 0 atom stereocenters. The molecule has 228 valence electrons. The molecule has 0 saturated carbocycles. The molecule has 0 spiro atoms. The van der Waals surface area contributed by atoms with Crippen LogP contribution in [-0.2, 0) is 0 Å². The van der Waals surface area contributed by atoms with E-state index in [2.05, 4.69) is 140 Å². The lowest BCUT2D eigenvalue weighted by Crippen LogP contribution is -2.01. The molecular formula is C45H27N3O. The van der Waals surface area contributed by atoms with Crippen LogP contribution in [0.3, 0.4) is 0 Å². The summed E-state index contributed by atoms with van der Waals surface area (Å²) in [6, 6.07) is 56.8. The summed E-state index contributed by atoms with van der Waals surface area (Å²) in [5.41, 5.74) is 6.54. The fourth-order valence-electron chi connectivity index (χ4n) is 7.21. The van der Waals surface area contributed by atoms with Gasteiger partial charge in [-0.2, -0.15) is 0 Å². The number of hydrogen-bond donors (Lipinski definition) is 0. The predicted octanol–water partition coefficient (Wildman–Crippen LogP) is 11.9. The Hall–Kier alpha value is -6.65. The van der Waals surface area contributed by atoms with Crippen LogP contribution in [0, 0.1) is 0 Å². The second-order valence-electron chi connectivity index (χ2n) is 12.4. The van der Waals surface area contributed by atoms with Gasteiger partial charge in [-0.15, -0.1) is 0 Å². The average Bonchev–Trinajstić information content (AvgIpc) is 3.57. The van der Waals surface area contributed by atoms with E-state index in [1.165, 1.54) is 10.8 Å². The Labute approximate surface area is 282 Å². The largest absolute Gasteiger partial charge is 0.456 e. The van der Waals surface area contributed by atoms with Crippen LogP contribution < -0.4 is 0 Å². The Morgan fingerprint density at radius 3 is 1.69 bits per heavy atom. The zero-order valence-corrected chi connectivity index (χ0v) is 26.3. The van der Waals surface area contributed by atoms with Crippen LogP contribution in [0.1, 0.15) is 0 Å². The predicted molar refractivity (Wildman–Crippen MR) is 201 cm³/mol. The molecule has 10 rings (SSSR count). The zero-order valence-electron chi connectivity index (χ0n) is 26.3. The summed E-state index contributed by atoms with van der Waals surface area (Å²) in [4.78, 5) is 15.7. The van der Waals surface area contributed by atoms with Crippen molar-refractivity contribution in [2.45, 2.75) is 0 Å². The molecule has 0 bridgehead atoms. The average molecular weight is 626 g/mol. The summed E-state index contributed by atoms with van der Waals surface area (Å²) in [5.74, 6) is 1.84. The van der Waals surface area contributed by atoms with Gasteiger partial charge in [-0.1, -0.05) is 140 Å². The maximum Gasteiger partial charge on any atom is 0.164 e. The Balaban J connectivity index is 1.34. The van der Waals surface area contributed by atoms with Gasteiger partial charge in [-0.3, -0.25) is 0 Å². The number of hydrogen-bond acceptors (Lipinski definition) is 4. The molecule has 49 heavy (non-hydrogen) atoms. The minimum Gasteiger partial charge on any atom is -0.456 e. The maximum atomic E-state index is 6.65. The molecule has 0 aliphatic heterocycles. The molecule has 0 radical (unpaired) electrons. The molecule has 0 amide bonds. The first kappa shape index (κ1) is 27.5. The minimum absolute atomic E-state index is 0.597. The molecule has 0 fully saturated rings. The highest BCUT2D eigenvalue weighted by molar-refractivity contribution is 6.23. The number of benzene rings is 8. The van der Waals surface area contributed by atoms with Crippen LogP contribution in [0.15, 0.2) is 168 Å². The third kappa shape index (κ3) is 4.49. The first-order valence-corrected chi connectivity index (χ1v) is 16.4. The monoisotopic (exact) mass is 625 g/mol. The summed E-state index contributed by atoms with van der Waals surface area (Å²) in [7, 11) is 0. The molecule has 4 heteroatoms. The van der Waals surface area contributed by atoms with Gasteiger partial charge in [0, 0.05) is 27.5 Å². The topological polar surface area (TPSA) is 51.8 Å². The van der Waals surface area contributed by atoms with E-state index in [1.54, 1.807) is 0 Å². The number of nitrogens with zero attached hydrogens (tertiary/aromatic N) is 3. The Bertz CT molecular complexity index is 2880. The quantitative estimate of drug-likeness (QED) is 0.183. The SMILES string of the molecule is c1ccc(-c2cc(-c3nc(-c4ccccc4)nc(-c4cc5ccccc5c5ccccc45)n3)c3c(c2)oc2ccc4ccccc4c23)cc1. The van der Waals surface area contributed by atoms with Crippen LogP contribution in [0.25, 0.3) is 99.5 Å². The van der Waals surface area contributed by atoms with E-state index in [0.29, 0.717) is 17.5 Å². The number of aromatic nitrogens is 3. The first-order valence-electron chi connectivity index (χ1n) is 16.4. The van der Waals surface area contributed by atoms with Gasteiger partial charge in [0.05, 0.1) is 0 Å². The van der Waals surface area contributed by atoms with Crippen molar-refractivity contribution in [3.8, 4) is 45.3 Å². The van der Waals surface area contributed by atoms with E-state index >= 15 is 0 Å². The highest BCUT2D eigenvalue weighted by Crippen LogP contribution is 2.43. The van der Waals surface area contributed by atoms with Crippen molar-refractivity contribution < 1.29 is 4.42 Å². The highest BCUT2D eigenvalue weighted by atomic mass is 16.3. The lowest BCUT2D eigenvalue weighted by atomic mass is 9.95. The van der Waals surface area contributed by atoms with Gasteiger partial charge in [0.2, 0.25) is 0 Å². The minimum atomic E-state index is 0.597. The van der Waals surface area contributed by atoms with Crippen LogP contribution in [0.5, 0.6) is 0 Å². The summed E-state index contributed by atoms with van der Waals surface area (Å²) in [6.45, 7) is 0. The summed E-state index contributed by atoms with van der Waals surface area (Å²) >= 11 is 0. The van der Waals surface area contributed by atoms with Crippen molar-refractivity contribution in [2.75, 3.05) is 0 Å². The van der Waals surface area contributed by atoms with Crippen LogP contribution in [0.4, 0.5) is 0 Å². The molecule has 10 aromatic rings. The van der Waals surface area contributed by atoms with E-state index in [1.807, 2.05) is 24.3 Å². The van der Waals surface area contributed by atoms with Crippen molar-refractivity contribution in [3.63, 3.8) is 0 Å².